The number of rotatable bonds is 7. The highest BCUT2D eigenvalue weighted by Crippen LogP contribution is 2.24. The molecule has 0 aliphatic rings. The molecule has 0 atom stereocenters. The minimum atomic E-state index is -3.91. The van der Waals surface area contributed by atoms with Gasteiger partial charge in [-0.3, -0.25) is 9.59 Å². The zero-order valence-corrected chi connectivity index (χ0v) is 19.2. The van der Waals surface area contributed by atoms with Crippen molar-refractivity contribution in [3.63, 3.8) is 0 Å². The fraction of sp³-hybridized carbons (Fsp3) is 0.250. The number of fused-ring (bicyclic) bond motifs is 1. The van der Waals surface area contributed by atoms with E-state index in [0.717, 1.165) is 11.3 Å². The summed E-state index contributed by atoms with van der Waals surface area (Å²) in [6.07, 6.45) is 0.0353. The van der Waals surface area contributed by atoms with Crippen LogP contribution in [0.15, 0.2) is 46.3 Å². The van der Waals surface area contributed by atoms with E-state index < -0.39 is 21.9 Å². The van der Waals surface area contributed by atoms with E-state index in [0.29, 0.717) is 21.7 Å². The molecule has 0 aliphatic carbocycles. The quantitative estimate of drug-likeness (QED) is 0.509. The van der Waals surface area contributed by atoms with Gasteiger partial charge < -0.3 is 18.8 Å². The molecule has 12 heteroatoms. The fourth-order valence-electron chi connectivity index (χ4n) is 2.92. The molecule has 1 aromatic heterocycles. The number of carbonyl (C=O) groups excluding carboxylic acids is 2. The molecule has 0 unspecified atom stereocenters. The molecule has 10 nitrogen and oxygen atoms in total. The van der Waals surface area contributed by atoms with Crippen LogP contribution in [-0.4, -0.2) is 46.2 Å². The lowest BCUT2D eigenvalue weighted by atomic mass is 10.2. The SMILES string of the molecule is COC(=O)CCn1c(=NC(=O)c2cc(OC)cc(OC)c2)sc2cc(S(N)(=O)=O)ccc21. The number of benzene rings is 2. The van der Waals surface area contributed by atoms with Gasteiger partial charge in [0.15, 0.2) is 4.80 Å². The van der Waals surface area contributed by atoms with E-state index in [-0.39, 0.29) is 28.2 Å². The first-order valence-corrected chi connectivity index (χ1v) is 11.6. The average molecular weight is 480 g/mol. The second kappa shape index (κ2) is 9.51. The van der Waals surface area contributed by atoms with E-state index in [1.807, 2.05) is 0 Å². The Kier molecular flexibility index (Phi) is 6.96. The molecule has 0 saturated carbocycles. The van der Waals surface area contributed by atoms with Crippen molar-refractivity contribution < 1.29 is 32.2 Å². The van der Waals surface area contributed by atoms with E-state index >= 15 is 0 Å². The van der Waals surface area contributed by atoms with Crippen LogP contribution >= 0.6 is 11.3 Å². The van der Waals surface area contributed by atoms with Crippen LogP contribution in [0.5, 0.6) is 11.5 Å². The van der Waals surface area contributed by atoms with Crippen molar-refractivity contribution in [2.24, 2.45) is 10.1 Å². The number of amides is 1. The molecule has 170 valence electrons. The lowest BCUT2D eigenvalue weighted by Gasteiger charge is -2.07. The van der Waals surface area contributed by atoms with E-state index in [9.17, 15) is 18.0 Å². The number of aryl methyl sites for hydroxylation is 1. The number of thiazole rings is 1. The van der Waals surface area contributed by atoms with Crippen molar-refractivity contribution >= 4 is 43.5 Å². The number of primary sulfonamides is 1. The van der Waals surface area contributed by atoms with Gasteiger partial charge in [-0.25, -0.2) is 13.6 Å². The number of ether oxygens (including phenoxy) is 3. The third kappa shape index (κ3) is 5.15. The first-order valence-electron chi connectivity index (χ1n) is 9.21. The van der Waals surface area contributed by atoms with Crippen molar-refractivity contribution in [2.75, 3.05) is 21.3 Å². The molecule has 1 amide bonds. The summed E-state index contributed by atoms with van der Waals surface area (Å²) in [5.74, 6) is -0.147. The minimum absolute atomic E-state index is 0.0353. The maximum Gasteiger partial charge on any atom is 0.307 e. The summed E-state index contributed by atoms with van der Waals surface area (Å²) in [6, 6.07) is 9.00. The topological polar surface area (TPSA) is 139 Å². The van der Waals surface area contributed by atoms with Crippen molar-refractivity contribution in [3.8, 4) is 11.5 Å². The second-order valence-corrected chi connectivity index (χ2v) is 9.13. The van der Waals surface area contributed by atoms with E-state index in [4.69, 9.17) is 19.3 Å². The molecule has 32 heavy (non-hydrogen) atoms. The molecule has 0 spiro atoms. The summed E-state index contributed by atoms with van der Waals surface area (Å²) in [7, 11) is 0.305. The monoisotopic (exact) mass is 479 g/mol. The van der Waals surface area contributed by atoms with Gasteiger partial charge in [-0.05, 0) is 30.3 Å². The van der Waals surface area contributed by atoms with Gasteiger partial charge in [-0.15, -0.1) is 0 Å². The number of sulfonamides is 1. The smallest absolute Gasteiger partial charge is 0.307 e. The number of carbonyl (C=O) groups is 2. The number of hydrogen-bond donors (Lipinski definition) is 1. The summed E-state index contributed by atoms with van der Waals surface area (Å²) >= 11 is 1.10. The lowest BCUT2D eigenvalue weighted by Crippen LogP contribution is -2.19. The molecule has 3 rings (SSSR count). The Morgan fingerprint density at radius 1 is 1.06 bits per heavy atom. The van der Waals surface area contributed by atoms with Crippen LogP contribution in [0.25, 0.3) is 10.2 Å². The van der Waals surface area contributed by atoms with Crippen molar-refractivity contribution in [3.05, 3.63) is 46.8 Å². The van der Waals surface area contributed by atoms with Gasteiger partial charge >= 0.3 is 5.97 Å². The molecular weight excluding hydrogens is 458 g/mol. The predicted molar refractivity (Wildman–Crippen MR) is 117 cm³/mol. The molecule has 2 N–H and O–H groups in total. The summed E-state index contributed by atoms with van der Waals surface area (Å²) in [4.78, 5) is 29.0. The predicted octanol–water partition coefficient (Wildman–Crippen LogP) is 1.67. The molecule has 0 radical (unpaired) electrons. The largest absolute Gasteiger partial charge is 0.497 e. The average Bonchev–Trinajstić information content (AvgIpc) is 3.12. The van der Waals surface area contributed by atoms with Crippen LogP contribution in [0.1, 0.15) is 16.8 Å². The van der Waals surface area contributed by atoms with Crippen LogP contribution in [0, 0.1) is 0 Å². The maximum absolute atomic E-state index is 12.9. The number of aromatic nitrogens is 1. The first kappa shape index (κ1) is 23.4. The third-order valence-electron chi connectivity index (χ3n) is 4.55. The second-order valence-electron chi connectivity index (χ2n) is 6.56. The summed E-state index contributed by atoms with van der Waals surface area (Å²) < 4.78 is 40.7. The molecule has 0 saturated heterocycles. The lowest BCUT2D eigenvalue weighted by molar-refractivity contribution is -0.140. The Balaban J connectivity index is 2.15. The highest BCUT2D eigenvalue weighted by molar-refractivity contribution is 7.89. The Morgan fingerprint density at radius 3 is 2.28 bits per heavy atom. The molecule has 0 aliphatic heterocycles. The Morgan fingerprint density at radius 2 is 1.72 bits per heavy atom. The van der Waals surface area contributed by atoms with Gasteiger partial charge in [0.2, 0.25) is 10.0 Å². The van der Waals surface area contributed by atoms with Gasteiger partial charge in [-0.2, -0.15) is 4.99 Å². The van der Waals surface area contributed by atoms with Crippen molar-refractivity contribution in [1.82, 2.24) is 4.57 Å². The molecule has 0 bridgehead atoms. The molecule has 3 aromatic rings. The summed E-state index contributed by atoms with van der Waals surface area (Å²) in [5, 5.41) is 5.23. The zero-order valence-electron chi connectivity index (χ0n) is 17.5. The van der Waals surface area contributed by atoms with Crippen LogP contribution in [0.2, 0.25) is 0 Å². The first-order chi connectivity index (χ1) is 15.2. The molecule has 1 heterocycles. The third-order valence-corrected chi connectivity index (χ3v) is 6.50. The number of hydrogen-bond acceptors (Lipinski definition) is 8. The highest BCUT2D eigenvalue weighted by atomic mass is 32.2. The van der Waals surface area contributed by atoms with Gasteiger partial charge in [0.05, 0.1) is 42.9 Å². The van der Waals surface area contributed by atoms with Crippen LogP contribution < -0.4 is 19.4 Å². The number of nitrogens with two attached hydrogens (primary N) is 1. The fourth-order valence-corrected chi connectivity index (χ4v) is 4.63. The Hall–Kier alpha value is -3.22. The van der Waals surface area contributed by atoms with E-state index in [1.165, 1.54) is 45.6 Å². The van der Waals surface area contributed by atoms with E-state index in [1.54, 1.807) is 16.7 Å². The normalized spacial score (nSPS) is 12.1. The number of methoxy groups -OCH3 is 3. The van der Waals surface area contributed by atoms with Gasteiger partial charge in [0, 0.05) is 18.2 Å². The van der Waals surface area contributed by atoms with Gasteiger partial charge in [-0.1, -0.05) is 11.3 Å². The highest BCUT2D eigenvalue weighted by Gasteiger charge is 2.15. The van der Waals surface area contributed by atoms with Crippen LogP contribution in [-0.2, 0) is 26.1 Å². The Labute approximate surface area is 187 Å². The standard InChI is InChI=1S/C20H21N3O7S2/c1-28-13-8-12(9-14(10-13)29-2)19(25)22-20-23(7-6-18(24)30-3)16-5-4-15(32(21,26)27)11-17(16)31-20/h4-5,8-11H,6-7H2,1-3H3,(H2,21,26,27). The zero-order chi connectivity index (χ0) is 23.5. The number of esters is 1. The number of nitrogens with zero attached hydrogens (tertiary/aromatic N) is 2. The van der Waals surface area contributed by atoms with Crippen molar-refractivity contribution in [1.29, 1.82) is 0 Å². The maximum atomic E-state index is 12.9. The summed E-state index contributed by atoms with van der Waals surface area (Å²) in [6.45, 7) is 0.176. The summed E-state index contributed by atoms with van der Waals surface area (Å²) in [5.41, 5.74) is 0.837. The van der Waals surface area contributed by atoms with Gasteiger partial charge in [0.1, 0.15) is 11.5 Å². The Bertz CT molecular complexity index is 1340. The van der Waals surface area contributed by atoms with Crippen LogP contribution in [0.3, 0.4) is 0 Å². The van der Waals surface area contributed by atoms with Gasteiger partial charge in [0.25, 0.3) is 5.91 Å². The van der Waals surface area contributed by atoms with Crippen molar-refractivity contribution in [2.45, 2.75) is 17.9 Å². The molecular formula is C20H21N3O7S2. The minimum Gasteiger partial charge on any atom is -0.497 e. The van der Waals surface area contributed by atoms with E-state index in [2.05, 4.69) is 4.99 Å². The van der Waals surface area contributed by atoms with Crippen LogP contribution in [0.4, 0.5) is 0 Å². The molecule has 0 fully saturated rings. The molecule has 2 aromatic carbocycles.